The van der Waals surface area contributed by atoms with Crippen LogP contribution in [0.2, 0.25) is 0 Å². The number of amides is 1. The van der Waals surface area contributed by atoms with Crippen molar-refractivity contribution in [1.29, 1.82) is 0 Å². The molecule has 19 heavy (non-hydrogen) atoms. The molecule has 3 rings (SSSR count). The van der Waals surface area contributed by atoms with Crippen molar-refractivity contribution in [3.05, 3.63) is 42.2 Å². The van der Waals surface area contributed by atoms with Crippen LogP contribution in [-0.2, 0) is 4.74 Å². The Morgan fingerprint density at radius 3 is 3.21 bits per heavy atom. The molecule has 1 atom stereocenters. The van der Waals surface area contributed by atoms with Gasteiger partial charge in [-0.25, -0.2) is 0 Å². The molecule has 1 N–H and O–H groups in total. The van der Waals surface area contributed by atoms with Gasteiger partial charge in [-0.3, -0.25) is 9.78 Å². The number of carbonyl (C=O) groups is 1. The lowest BCUT2D eigenvalue weighted by Gasteiger charge is -2.11. The quantitative estimate of drug-likeness (QED) is 0.915. The summed E-state index contributed by atoms with van der Waals surface area (Å²) in [6.45, 7) is 1.38. The Bertz CT molecular complexity index is 586. The molecule has 1 aromatic heterocycles. The lowest BCUT2D eigenvalue weighted by molar-refractivity contribution is 0.0859. The highest BCUT2D eigenvalue weighted by Crippen LogP contribution is 2.17. The number of benzene rings is 1. The average molecular weight is 256 g/mol. The normalized spacial score (nSPS) is 18.6. The van der Waals surface area contributed by atoms with E-state index in [0.717, 1.165) is 30.2 Å². The van der Waals surface area contributed by atoms with Gasteiger partial charge in [0.05, 0.1) is 6.10 Å². The molecule has 1 saturated heterocycles. The summed E-state index contributed by atoms with van der Waals surface area (Å²) in [5.74, 6) is -0.0610. The molecule has 0 bridgehead atoms. The van der Waals surface area contributed by atoms with E-state index in [-0.39, 0.29) is 12.0 Å². The maximum atomic E-state index is 12.2. The largest absolute Gasteiger partial charge is 0.376 e. The number of nitrogens with one attached hydrogen (secondary N) is 1. The molecule has 1 aliphatic heterocycles. The van der Waals surface area contributed by atoms with Gasteiger partial charge in [0.25, 0.3) is 5.91 Å². The molecule has 0 spiro atoms. The third-order valence-electron chi connectivity index (χ3n) is 3.44. The van der Waals surface area contributed by atoms with Gasteiger partial charge >= 0.3 is 0 Å². The lowest BCUT2D eigenvalue weighted by atomic mass is 10.1. The second kappa shape index (κ2) is 5.36. The summed E-state index contributed by atoms with van der Waals surface area (Å²) in [6, 6.07) is 7.61. The summed E-state index contributed by atoms with van der Waals surface area (Å²) in [7, 11) is 0. The Hall–Kier alpha value is -1.94. The first-order valence-corrected chi connectivity index (χ1v) is 6.57. The average Bonchev–Trinajstić information content (AvgIpc) is 2.97. The molecule has 0 radical (unpaired) electrons. The number of fused-ring (bicyclic) bond motifs is 1. The summed E-state index contributed by atoms with van der Waals surface area (Å²) < 4.78 is 5.50. The summed E-state index contributed by atoms with van der Waals surface area (Å²) >= 11 is 0. The van der Waals surface area contributed by atoms with Crippen molar-refractivity contribution in [3.8, 4) is 0 Å². The molecular weight excluding hydrogens is 240 g/mol. The fraction of sp³-hybridized carbons (Fsp3) is 0.333. The predicted octanol–water partition coefficient (Wildman–Crippen LogP) is 2.14. The zero-order chi connectivity index (χ0) is 13.1. The molecule has 4 heteroatoms. The topological polar surface area (TPSA) is 51.2 Å². The van der Waals surface area contributed by atoms with Crippen molar-refractivity contribution < 1.29 is 9.53 Å². The lowest BCUT2D eigenvalue weighted by Crippen LogP contribution is -2.31. The molecule has 98 valence electrons. The summed E-state index contributed by atoms with van der Waals surface area (Å²) in [5.41, 5.74) is 0.670. The number of aromatic nitrogens is 1. The predicted molar refractivity (Wildman–Crippen MR) is 73.1 cm³/mol. The first-order chi connectivity index (χ1) is 9.34. The summed E-state index contributed by atoms with van der Waals surface area (Å²) in [5, 5.41) is 4.85. The van der Waals surface area contributed by atoms with Gasteiger partial charge in [-0.1, -0.05) is 12.1 Å². The molecule has 1 aliphatic rings. The molecule has 4 nitrogen and oxygen atoms in total. The van der Waals surface area contributed by atoms with Gasteiger partial charge in [-0.15, -0.1) is 0 Å². The van der Waals surface area contributed by atoms with E-state index in [1.54, 1.807) is 12.4 Å². The van der Waals surface area contributed by atoms with Crippen LogP contribution in [0.3, 0.4) is 0 Å². The van der Waals surface area contributed by atoms with E-state index in [1.165, 1.54) is 0 Å². The zero-order valence-electron chi connectivity index (χ0n) is 10.6. The molecule has 0 saturated carbocycles. The van der Waals surface area contributed by atoms with Crippen molar-refractivity contribution >= 4 is 16.7 Å². The summed E-state index contributed by atoms with van der Waals surface area (Å²) in [6.07, 6.45) is 5.74. The Morgan fingerprint density at radius 2 is 2.37 bits per heavy atom. The fourth-order valence-electron chi connectivity index (χ4n) is 2.42. The third kappa shape index (κ3) is 2.58. The number of carbonyl (C=O) groups excluding carboxylic acids is 1. The number of pyridine rings is 1. The standard InChI is InChI=1S/C15H16N2O2/c18-15(17-9-12-4-2-8-19-12)13-5-1-3-11-6-7-16-10-14(11)13/h1,3,5-7,10,12H,2,4,8-9H2,(H,17,18). The van der Waals surface area contributed by atoms with Crippen LogP contribution in [0.15, 0.2) is 36.7 Å². The third-order valence-corrected chi connectivity index (χ3v) is 3.44. The van der Waals surface area contributed by atoms with Crippen molar-refractivity contribution in [2.75, 3.05) is 13.2 Å². The van der Waals surface area contributed by atoms with E-state index >= 15 is 0 Å². The van der Waals surface area contributed by atoms with E-state index in [2.05, 4.69) is 10.3 Å². The molecule has 1 amide bonds. The highest BCUT2D eigenvalue weighted by molar-refractivity contribution is 6.06. The minimum absolute atomic E-state index is 0.0610. The van der Waals surface area contributed by atoms with E-state index in [4.69, 9.17) is 4.74 Å². The number of hydrogen-bond donors (Lipinski definition) is 1. The van der Waals surface area contributed by atoms with Gasteiger partial charge in [0.2, 0.25) is 0 Å². The first kappa shape index (κ1) is 12.1. The second-order valence-corrected chi connectivity index (χ2v) is 4.75. The van der Waals surface area contributed by atoms with E-state index in [1.807, 2.05) is 24.3 Å². The molecule has 1 fully saturated rings. The van der Waals surface area contributed by atoms with E-state index in [9.17, 15) is 4.79 Å². The van der Waals surface area contributed by atoms with Gasteiger partial charge in [0.1, 0.15) is 0 Å². The van der Waals surface area contributed by atoms with E-state index < -0.39 is 0 Å². The van der Waals surface area contributed by atoms with Crippen LogP contribution < -0.4 is 5.32 Å². The zero-order valence-corrected chi connectivity index (χ0v) is 10.6. The maximum absolute atomic E-state index is 12.2. The van der Waals surface area contributed by atoms with Crippen LogP contribution in [0.25, 0.3) is 10.8 Å². The molecule has 1 aromatic carbocycles. The Morgan fingerprint density at radius 1 is 1.42 bits per heavy atom. The number of nitrogens with zero attached hydrogens (tertiary/aromatic N) is 1. The van der Waals surface area contributed by atoms with Crippen molar-refractivity contribution in [1.82, 2.24) is 10.3 Å². The van der Waals surface area contributed by atoms with Crippen LogP contribution >= 0.6 is 0 Å². The monoisotopic (exact) mass is 256 g/mol. The van der Waals surface area contributed by atoms with Gasteiger partial charge in [0.15, 0.2) is 0 Å². The molecule has 1 unspecified atom stereocenters. The van der Waals surface area contributed by atoms with Crippen LogP contribution in [-0.4, -0.2) is 30.1 Å². The van der Waals surface area contributed by atoms with Gasteiger partial charge in [-0.2, -0.15) is 0 Å². The first-order valence-electron chi connectivity index (χ1n) is 6.57. The van der Waals surface area contributed by atoms with Crippen LogP contribution in [0, 0.1) is 0 Å². The van der Waals surface area contributed by atoms with Crippen LogP contribution in [0.4, 0.5) is 0 Å². The van der Waals surface area contributed by atoms with E-state index in [0.29, 0.717) is 12.1 Å². The van der Waals surface area contributed by atoms with Gasteiger partial charge in [-0.05, 0) is 30.4 Å². The SMILES string of the molecule is O=C(NCC1CCCO1)c1cccc2ccncc12. The smallest absolute Gasteiger partial charge is 0.252 e. The van der Waals surface area contributed by atoms with Crippen molar-refractivity contribution in [2.45, 2.75) is 18.9 Å². The minimum atomic E-state index is -0.0610. The number of ether oxygens (including phenoxy) is 1. The number of rotatable bonds is 3. The maximum Gasteiger partial charge on any atom is 0.252 e. The second-order valence-electron chi connectivity index (χ2n) is 4.75. The fourth-order valence-corrected chi connectivity index (χ4v) is 2.42. The molecular formula is C15H16N2O2. The van der Waals surface area contributed by atoms with Gasteiger partial charge in [0, 0.05) is 36.5 Å². The highest BCUT2D eigenvalue weighted by Gasteiger charge is 2.17. The van der Waals surface area contributed by atoms with Gasteiger partial charge < -0.3 is 10.1 Å². The highest BCUT2D eigenvalue weighted by atomic mass is 16.5. The Balaban J connectivity index is 1.77. The van der Waals surface area contributed by atoms with Crippen molar-refractivity contribution in [3.63, 3.8) is 0 Å². The number of hydrogen-bond acceptors (Lipinski definition) is 3. The molecule has 2 heterocycles. The Kier molecular flexibility index (Phi) is 3.42. The minimum Gasteiger partial charge on any atom is -0.376 e. The molecule has 2 aromatic rings. The van der Waals surface area contributed by atoms with Crippen LogP contribution in [0.5, 0.6) is 0 Å². The molecule has 0 aliphatic carbocycles. The van der Waals surface area contributed by atoms with Crippen molar-refractivity contribution in [2.24, 2.45) is 0 Å². The van der Waals surface area contributed by atoms with Crippen LogP contribution in [0.1, 0.15) is 23.2 Å². The Labute approximate surface area is 111 Å². The summed E-state index contributed by atoms with van der Waals surface area (Å²) in [4.78, 5) is 16.3.